The van der Waals surface area contributed by atoms with Gasteiger partial charge in [-0.25, -0.2) is 9.13 Å². The summed E-state index contributed by atoms with van der Waals surface area (Å²) in [6.45, 7) is 5.59. The molecule has 0 aliphatic carbocycles. The van der Waals surface area contributed by atoms with Gasteiger partial charge in [0, 0.05) is 6.92 Å². The van der Waals surface area contributed by atoms with Crippen molar-refractivity contribution >= 4 is 7.82 Å². The maximum Gasteiger partial charge on any atom is 0.262 e. The number of phosphoric acid groups is 1. The highest BCUT2D eigenvalue weighted by Crippen LogP contribution is 2.18. The standard InChI is InChI=1S/C11H21N2.H3O4P/c1-4-5-6-7-8-13-10-9-12(3)11(13)2;1-5(2,3)4/h9-10H,4-8H2,1-3H3;(H3,1,2,3,4)/q+1;/p-1. The van der Waals surface area contributed by atoms with E-state index in [9.17, 15) is 0 Å². The van der Waals surface area contributed by atoms with E-state index in [1.54, 1.807) is 0 Å². The van der Waals surface area contributed by atoms with Gasteiger partial charge >= 0.3 is 0 Å². The molecule has 0 saturated carbocycles. The summed E-state index contributed by atoms with van der Waals surface area (Å²) in [5.74, 6) is 1.34. The molecular weight excluding hydrogens is 255 g/mol. The third kappa shape index (κ3) is 9.36. The van der Waals surface area contributed by atoms with Crippen LogP contribution in [-0.4, -0.2) is 14.4 Å². The molecule has 1 aromatic heterocycles. The van der Waals surface area contributed by atoms with Crippen LogP contribution in [0.4, 0.5) is 0 Å². The lowest BCUT2D eigenvalue weighted by atomic mass is 10.2. The van der Waals surface area contributed by atoms with E-state index in [4.69, 9.17) is 19.2 Å². The number of hydrogen-bond acceptors (Lipinski definition) is 2. The third-order valence-electron chi connectivity index (χ3n) is 2.65. The van der Waals surface area contributed by atoms with Gasteiger partial charge in [-0.1, -0.05) is 19.8 Å². The molecule has 18 heavy (non-hydrogen) atoms. The minimum atomic E-state index is -4.89. The lowest BCUT2D eigenvalue weighted by Crippen LogP contribution is -2.29. The monoisotopic (exact) mass is 278 g/mol. The van der Waals surface area contributed by atoms with Gasteiger partial charge in [0.25, 0.3) is 13.6 Å². The van der Waals surface area contributed by atoms with E-state index in [2.05, 4.69) is 42.4 Å². The van der Waals surface area contributed by atoms with E-state index < -0.39 is 7.82 Å². The second kappa shape index (κ2) is 8.43. The molecule has 0 aliphatic heterocycles. The molecule has 0 saturated heterocycles. The lowest BCUT2D eigenvalue weighted by molar-refractivity contribution is -0.677. The Morgan fingerprint density at radius 3 is 2.33 bits per heavy atom. The quantitative estimate of drug-likeness (QED) is 0.470. The van der Waals surface area contributed by atoms with Gasteiger partial charge in [0.2, 0.25) is 0 Å². The SMILES string of the molecule is CCCCCCn1cc[n+](C)c1C.O=P([O-])(O)O. The fourth-order valence-electron chi connectivity index (χ4n) is 1.54. The fourth-order valence-corrected chi connectivity index (χ4v) is 1.54. The van der Waals surface area contributed by atoms with Crippen LogP contribution in [0.5, 0.6) is 0 Å². The molecule has 0 bridgehead atoms. The van der Waals surface area contributed by atoms with Crippen molar-refractivity contribution in [3.63, 3.8) is 0 Å². The van der Waals surface area contributed by atoms with Crippen LogP contribution in [0.3, 0.4) is 0 Å². The Morgan fingerprint density at radius 1 is 1.39 bits per heavy atom. The Kier molecular flexibility index (Phi) is 8.11. The predicted octanol–water partition coefficient (Wildman–Crippen LogP) is 0.641. The first kappa shape index (κ1) is 17.3. The highest BCUT2D eigenvalue weighted by Gasteiger charge is 2.06. The van der Waals surface area contributed by atoms with Crippen molar-refractivity contribution in [2.45, 2.75) is 46.1 Å². The van der Waals surface area contributed by atoms with Gasteiger partial charge in [-0.15, -0.1) is 0 Å². The number of rotatable bonds is 5. The van der Waals surface area contributed by atoms with Crippen LogP contribution in [0.1, 0.15) is 38.4 Å². The van der Waals surface area contributed by atoms with Crippen LogP contribution in [0, 0.1) is 6.92 Å². The number of aromatic nitrogens is 2. The maximum absolute atomic E-state index is 8.77. The zero-order valence-corrected chi connectivity index (χ0v) is 12.1. The van der Waals surface area contributed by atoms with Gasteiger partial charge in [-0.05, 0) is 12.8 Å². The highest BCUT2D eigenvalue weighted by molar-refractivity contribution is 7.43. The summed E-state index contributed by atoms with van der Waals surface area (Å²) in [6.07, 6.45) is 9.64. The molecular formula is C11H23N2O4P. The van der Waals surface area contributed by atoms with Gasteiger partial charge in [0.05, 0.1) is 13.6 Å². The summed E-state index contributed by atoms with van der Waals surface area (Å²) < 4.78 is 13.3. The Labute approximate surface area is 108 Å². The summed E-state index contributed by atoms with van der Waals surface area (Å²) in [5, 5.41) is 0. The van der Waals surface area contributed by atoms with Crippen LogP contribution in [0.2, 0.25) is 0 Å². The smallest absolute Gasteiger partial charge is 0.262 e. The number of imidazole rings is 1. The van der Waals surface area contributed by atoms with E-state index in [1.165, 1.54) is 38.1 Å². The molecule has 0 atom stereocenters. The minimum absolute atomic E-state index is 1.17. The zero-order valence-electron chi connectivity index (χ0n) is 11.2. The van der Waals surface area contributed by atoms with Gasteiger partial charge in [-0.3, -0.25) is 4.57 Å². The molecule has 0 aromatic carbocycles. The normalized spacial score (nSPS) is 11.0. The Hall–Kier alpha value is -0.680. The summed E-state index contributed by atoms with van der Waals surface area (Å²) in [4.78, 5) is 22.9. The lowest BCUT2D eigenvalue weighted by Gasteiger charge is -2.01. The van der Waals surface area contributed by atoms with Gasteiger partial charge < -0.3 is 14.7 Å². The molecule has 0 fully saturated rings. The van der Waals surface area contributed by atoms with Gasteiger partial charge in [0.15, 0.2) is 0 Å². The zero-order chi connectivity index (χ0) is 14.2. The molecule has 1 aromatic rings. The Balaban J connectivity index is 0.000000494. The van der Waals surface area contributed by atoms with Gasteiger partial charge in [-0.2, -0.15) is 0 Å². The minimum Gasteiger partial charge on any atom is -0.756 e. The van der Waals surface area contributed by atoms with Crippen molar-refractivity contribution in [1.29, 1.82) is 0 Å². The van der Waals surface area contributed by atoms with E-state index in [0.29, 0.717) is 0 Å². The van der Waals surface area contributed by atoms with Crippen molar-refractivity contribution in [2.24, 2.45) is 7.05 Å². The van der Waals surface area contributed by atoms with Crippen LogP contribution in [-0.2, 0) is 18.2 Å². The predicted molar refractivity (Wildman–Crippen MR) is 66.5 cm³/mol. The first-order chi connectivity index (χ1) is 8.25. The first-order valence-corrected chi connectivity index (χ1v) is 7.56. The summed E-state index contributed by atoms with van der Waals surface area (Å²) in [6, 6.07) is 0. The van der Waals surface area contributed by atoms with Crippen LogP contribution >= 0.6 is 7.82 Å². The van der Waals surface area contributed by atoms with Crippen LogP contribution in [0.15, 0.2) is 12.4 Å². The Bertz CT molecular complexity index is 378. The molecule has 1 rings (SSSR count). The van der Waals surface area contributed by atoms with E-state index >= 15 is 0 Å². The average Bonchev–Trinajstić information content (AvgIpc) is 2.53. The second-order valence-electron chi connectivity index (χ2n) is 4.20. The highest BCUT2D eigenvalue weighted by atomic mass is 31.2. The van der Waals surface area contributed by atoms with E-state index in [1.807, 2.05) is 0 Å². The summed E-state index contributed by atoms with van der Waals surface area (Å²) in [7, 11) is -2.79. The average molecular weight is 278 g/mol. The number of nitrogens with zero attached hydrogens (tertiary/aromatic N) is 2. The van der Waals surface area contributed by atoms with Crippen molar-refractivity contribution in [3.05, 3.63) is 18.2 Å². The number of unbranched alkanes of at least 4 members (excludes halogenated alkanes) is 3. The molecule has 106 valence electrons. The maximum atomic E-state index is 8.77. The molecule has 0 radical (unpaired) electrons. The molecule has 0 spiro atoms. The molecule has 0 unspecified atom stereocenters. The topological polar surface area (TPSA) is 89.4 Å². The summed E-state index contributed by atoms with van der Waals surface area (Å²) in [5.41, 5.74) is 0. The van der Waals surface area contributed by atoms with Crippen molar-refractivity contribution < 1.29 is 23.8 Å². The molecule has 6 nitrogen and oxygen atoms in total. The number of hydrogen-bond donors (Lipinski definition) is 2. The largest absolute Gasteiger partial charge is 0.756 e. The van der Waals surface area contributed by atoms with Crippen molar-refractivity contribution in [3.8, 4) is 0 Å². The number of aryl methyl sites for hydroxylation is 2. The fraction of sp³-hybridized carbons (Fsp3) is 0.727. The van der Waals surface area contributed by atoms with E-state index in [-0.39, 0.29) is 0 Å². The van der Waals surface area contributed by atoms with Crippen LogP contribution in [0.25, 0.3) is 0 Å². The Morgan fingerprint density at radius 2 is 1.94 bits per heavy atom. The summed E-state index contributed by atoms with van der Waals surface area (Å²) >= 11 is 0. The molecule has 2 N–H and O–H groups in total. The van der Waals surface area contributed by atoms with Crippen LogP contribution < -0.4 is 9.46 Å². The molecule has 0 aliphatic rings. The van der Waals surface area contributed by atoms with E-state index in [0.717, 1.165) is 0 Å². The molecule has 1 heterocycles. The van der Waals surface area contributed by atoms with Crippen molar-refractivity contribution in [2.75, 3.05) is 0 Å². The third-order valence-corrected chi connectivity index (χ3v) is 2.65. The van der Waals surface area contributed by atoms with Gasteiger partial charge in [0.1, 0.15) is 12.4 Å². The second-order valence-corrected chi connectivity index (χ2v) is 5.18. The first-order valence-electron chi connectivity index (χ1n) is 6.03. The van der Waals surface area contributed by atoms with Crippen molar-refractivity contribution in [1.82, 2.24) is 4.57 Å². The molecule has 0 amide bonds. The molecule has 7 heteroatoms.